The van der Waals surface area contributed by atoms with E-state index in [0.29, 0.717) is 0 Å². The normalized spacial score (nSPS) is 16.4. The fourth-order valence-electron chi connectivity index (χ4n) is 3.61. The van der Waals surface area contributed by atoms with E-state index in [1.165, 1.54) is 5.56 Å². The van der Waals surface area contributed by atoms with Crippen LogP contribution in [0.4, 0.5) is 5.69 Å². The molecular formula is C24H21NO. The van der Waals surface area contributed by atoms with E-state index in [1.54, 1.807) is 0 Å². The average molecular weight is 339 g/mol. The fraction of sp³-hybridized carbons (Fsp3) is 0.125. The highest BCUT2D eigenvalue weighted by Gasteiger charge is 2.32. The van der Waals surface area contributed by atoms with Crippen LogP contribution < -0.4 is 4.90 Å². The highest BCUT2D eigenvalue weighted by atomic mass is 16.2. The molecule has 1 unspecified atom stereocenters. The molecule has 0 fully saturated rings. The zero-order valence-corrected chi connectivity index (χ0v) is 14.8. The standard InChI is InChI=1S/C24H21NO/c1-18-16-21-14-8-9-15-23(21)25(18)24(26)22(20-12-6-3-7-13-20)17-19-10-4-2-5-11-19/h2-15,17-18H,16H2,1H3/b22-17+. The molecule has 1 atom stereocenters. The predicted octanol–water partition coefficient (Wildman–Crippen LogP) is 5.21. The molecule has 128 valence electrons. The van der Waals surface area contributed by atoms with Gasteiger partial charge in [0.15, 0.2) is 0 Å². The van der Waals surface area contributed by atoms with Crippen molar-refractivity contribution in [2.75, 3.05) is 4.90 Å². The second-order valence-electron chi connectivity index (χ2n) is 6.69. The van der Waals surface area contributed by atoms with E-state index in [-0.39, 0.29) is 11.9 Å². The first kappa shape index (κ1) is 16.3. The molecular weight excluding hydrogens is 318 g/mol. The molecule has 2 heteroatoms. The summed E-state index contributed by atoms with van der Waals surface area (Å²) in [6.07, 6.45) is 2.89. The van der Waals surface area contributed by atoms with Crippen LogP contribution in [0.5, 0.6) is 0 Å². The Morgan fingerprint density at radius 2 is 1.50 bits per heavy atom. The van der Waals surface area contributed by atoms with Crippen LogP contribution in [0.1, 0.15) is 23.6 Å². The van der Waals surface area contributed by atoms with Crippen LogP contribution in [0.25, 0.3) is 11.6 Å². The van der Waals surface area contributed by atoms with E-state index in [2.05, 4.69) is 13.0 Å². The number of para-hydroxylation sites is 1. The lowest BCUT2D eigenvalue weighted by atomic mass is 10.0. The van der Waals surface area contributed by atoms with E-state index in [0.717, 1.165) is 28.8 Å². The van der Waals surface area contributed by atoms with E-state index in [4.69, 9.17) is 0 Å². The first-order valence-corrected chi connectivity index (χ1v) is 8.97. The Bertz CT molecular complexity index is 944. The Balaban J connectivity index is 1.80. The number of anilines is 1. The quantitative estimate of drug-likeness (QED) is 0.474. The molecule has 26 heavy (non-hydrogen) atoms. The van der Waals surface area contributed by atoms with Crippen molar-refractivity contribution in [2.24, 2.45) is 0 Å². The SMILES string of the molecule is CC1Cc2ccccc2N1C(=O)/C(=C/c1ccccc1)c1ccccc1. The Labute approximate surface area is 154 Å². The van der Waals surface area contributed by atoms with Crippen LogP contribution in [0.3, 0.4) is 0 Å². The third kappa shape index (κ3) is 3.06. The Hall–Kier alpha value is -3.13. The van der Waals surface area contributed by atoms with Gasteiger partial charge in [0.2, 0.25) is 0 Å². The average Bonchev–Trinajstić information content (AvgIpc) is 3.03. The summed E-state index contributed by atoms with van der Waals surface area (Å²) < 4.78 is 0. The molecule has 2 nitrogen and oxygen atoms in total. The summed E-state index contributed by atoms with van der Waals surface area (Å²) in [5.74, 6) is 0.0532. The van der Waals surface area contributed by atoms with Gasteiger partial charge in [0.05, 0.1) is 0 Å². The van der Waals surface area contributed by atoms with Crippen LogP contribution in [0, 0.1) is 0 Å². The van der Waals surface area contributed by atoms with Gasteiger partial charge >= 0.3 is 0 Å². The lowest BCUT2D eigenvalue weighted by molar-refractivity contribution is -0.113. The molecule has 0 radical (unpaired) electrons. The summed E-state index contributed by atoms with van der Waals surface area (Å²) in [7, 11) is 0. The highest BCUT2D eigenvalue weighted by Crippen LogP contribution is 2.34. The van der Waals surface area contributed by atoms with Crippen molar-refractivity contribution in [3.05, 3.63) is 102 Å². The summed E-state index contributed by atoms with van der Waals surface area (Å²) in [5.41, 5.74) is 4.96. The molecule has 0 aromatic heterocycles. The molecule has 4 rings (SSSR count). The van der Waals surface area contributed by atoms with Gasteiger partial charge in [-0.2, -0.15) is 0 Å². The van der Waals surface area contributed by atoms with E-state index >= 15 is 0 Å². The Morgan fingerprint density at radius 3 is 2.23 bits per heavy atom. The number of rotatable bonds is 3. The summed E-state index contributed by atoms with van der Waals surface area (Å²) >= 11 is 0. The van der Waals surface area contributed by atoms with Gasteiger partial charge in [0, 0.05) is 17.3 Å². The predicted molar refractivity (Wildman–Crippen MR) is 108 cm³/mol. The first-order valence-electron chi connectivity index (χ1n) is 8.97. The monoisotopic (exact) mass is 339 g/mol. The zero-order valence-electron chi connectivity index (χ0n) is 14.8. The maximum absolute atomic E-state index is 13.6. The summed E-state index contributed by atoms with van der Waals surface area (Å²) in [6, 6.07) is 28.3. The summed E-state index contributed by atoms with van der Waals surface area (Å²) in [5, 5.41) is 0. The van der Waals surface area contributed by atoms with Gasteiger partial charge in [-0.3, -0.25) is 4.79 Å². The van der Waals surface area contributed by atoms with Crippen LogP contribution in [0.15, 0.2) is 84.9 Å². The second-order valence-corrected chi connectivity index (χ2v) is 6.69. The topological polar surface area (TPSA) is 20.3 Å². The number of amides is 1. The molecule has 0 aliphatic carbocycles. The minimum absolute atomic E-state index is 0.0532. The molecule has 0 saturated carbocycles. The number of nitrogens with zero attached hydrogens (tertiary/aromatic N) is 1. The zero-order chi connectivity index (χ0) is 17.9. The lowest BCUT2D eigenvalue weighted by Crippen LogP contribution is -2.36. The van der Waals surface area contributed by atoms with Crippen molar-refractivity contribution in [1.29, 1.82) is 0 Å². The molecule has 0 saturated heterocycles. The van der Waals surface area contributed by atoms with Crippen molar-refractivity contribution in [2.45, 2.75) is 19.4 Å². The maximum atomic E-state index is 13.6. The number of carbonyl (C=O) groups is 1. The van der Waals surface area contributed by atoms with Crippen molar-refractivity contribution in [3.63, 3.8) is 0 Å². The fourth-order valence-corrected chi connectivity index (χ4v) is 3.61. The van der Waals surface area contributed by atoms with Gasteiger partial charge in [-0.15, -0.1) is 0 Å². The van der Waals surface area contributed by atoms with E-state index < -0.39 is 0 Å². The lowest BCUT2D eigenvalue weighted by Gasteiger charge is -2.24. The highest BCUT2D eigenvalue weighted by molar-refractivity contribution is 6.30. The molecule has 1 aliphatic rings. The van der Waals surface area contributed by atoms with Crippen LogP contribution in [-0.4, -0.2) is 11.9 Å². The summed E-state index contributed by atoms with van der Waals surface area (Å²) in [6.45, 7) is 2.11. The molecule has 0 spiro atoms. The van der Waals surface area contributed by atoms with E-state index in [9.17, 15) is 4.79 Å². The molecule has 1 heterocycles. The Morgan fingerprint density at radius 1 is 0.885 bits per heavy atom. The third-order valence-electron chi connectivity index (χ3n) is 4.85. The number of carbonyl (C=O) groups excluding carboxylic acids is 1. The number of hydrogen-bond acceptors (Lipinski definition) is 1. The van der Waals surface area contributed by atoms with E-state index in [1.807, 2.05) is 89.8 Å². The first-order chi connectivity index (χ1) is 12.7. The van der Waals surface area contributed by atoms with Gasteiger partial charge in [0.1, 0.15) is 0 Å². The third-order valence-corrected chi connectivity index (χ3v) is 4.85. The van der Waals surface area contributed by atoms with Crippen LogP contribution in [0.2, 0.25) is 0 Å². The van der Waals surface area contributed by atoms with Gasteiger partial charge in [-0.25, -0.2) is 0 Å². The molecule has 1 aliphatic heterocycles. The molecule has 0 bridgehead atoms. The van der Waals surface area contributed by atoms with Gasteiger partial charge in [-0.1, -0.05) is 78.9 Å². The van der Waals surface area contributed by atoms with Crippen LogP contribution in [-0.2, 0) is 11.2 Å². The number of hydrogen-bond donors (Lipinski definition) is 0. The minimum Gasteiger partial charge on any atom is -0.305 e. The van der Waals surface area contributed by atoms with Gasteiger partial charge < -0.3 is 4.90 Å². The molecule has 3 aromatic carbocycles. The number of fused-ring (bicyclic) bond motifs is 1. The largest absolute Gasteiger partial charge is 0.305 e. The number of benzene rings is 3. The van der Waals surface area contributed by atoms with Crippen LogP contribution >= 0.6 is 0 Å². The summed E-state index contributed by atoms with van der Waals surface area (Å²) in [4.78, 5) is 15.5. The second kappa shape index (κ2) is 7.01. The van der Waals surface area contributed by atoms with Crippen molar-refractivity contribution in [1.82, 2.24) is 0 Å². The maximum Gasteiger partial charge on any atom is 0.259 e. The molecule has 1 amide bonds. The molecule has 0 N–H and O–H groups in total. The Kier molecular flexibility index (Phi) is 4.40. The van der Waals surface area contributed by atoms with Crippen molar-refractivity contribution >= 4 is 23.2 Å². The minimum atomic E-state index is 0.0532. The smallest absolute Gasteiger partial charge is 0.259 e. The van der Waals surface area contributed by atoms with Crippen molar-refractivity contribution < 1.29 is 4.79 Å². The van der Waals surface area contributed by atoms with Crippen molar-refractivity contribution in [3.8, 4) is 0 Å². The molecule has 3 aromatic rings. The van der Waals surface area contributed by atoms with Gasteiger partial charge in [0.25, 0.3) is 5.91 Å². The van der Waals surface area contributed by atoms with Gasteiger partial charge in [-0.05, 0) is 42.2 Å².